The lowest BCUT2D eigenvalue weighted by Gasteiger charge is -2.15. The summed E-state index contributed by atoms with van der Waals surface area (Å²) in [6.07, 6.45) is 3.62. The van der Waals surface area contributed by atoms with Gasteiger partial charge in [0.15, 0.2) is 0 Å². The Morgan fingerprint density at radius 1 is 1.42 bits per heavy atom. The van der Waals surface area contributed by atoms with E-state index in [2.05, 4.69) is 41.9 Å². The van der Waals surface area contributed by atoms with Gasteiger partial charge < -0.3 is 9.73 Å². The van der Waals surface area contributed by atoms with Crippen molar-refractivity contribution in [3.63, 3.8) is 0 Å². The predicted octanol–water partition coefficient (Wildman–Crippen LogP) is 2.87. The smallest absolute Gasteiger partial charge is 0.123 e. The van der Waals surface area contributed by atoms with E-state index in [-0.39, 0.29) is 6.04 Å². The molecule has 2 rings (SSSR count). The van der Waals surface area contributed by atoms with E-state index in [1.54, 1.807) is 6.26 Å². The van der Waals surface area contributed by atoms with E-state index in [0.717, 1.165) is 30.8 Å². The molecule has 2 aromatic rings. The topological polar surface area (TPSA) is 43.0 Å². The summed E-state index contributed by atoms with van der Waals surface area (Å²) in [5, 5.41) is 7.93. The molecule has 0 aliphatic rings. The average Bonchev–Trinajstić information content (AvgIpc) is 3.01. The van der Waals surface area contributed by atoms with E-state index >= 15 is 0 Å². The van der Waals surface area contributed by atoms with Gasteiger partial charge in [-0.3, -0.25) is 4.68 Å². The van der Waals surface area contributed by atoms with Crippen LogP contribution >= 0.6 is 0 Å². The highest BCUT2D eigenvalue weighted by Crippen LogP contribution is 2.22. The summed E-state index contributed by atoms with van der Waals surface area (Å²) in [5.41, 5.74) is 3.61. The second-order valence-electron chi connectivity index (χ2n) is 4.81. The molecule has 1 N–H and O–H groups in total. The van der Waals surface area contributed by atoms with Gasteiger partial charge >= 0.3 is 0 Å². The molecule has 4 nitrogen and oxygen atoms in total. The van der Waals surface area contributed by atoms with Gasteiger partial charge in [0, 0.05) is 18.7 Å². The Balaban J connectivity index is 2.23. The largest absolute Gasteiger partial charge is 0.467 e. The summed E-state index contributed by atoms with van der Waals surface area (Å²) in [6, 6.07) is 4.40. The molecule has 0 aromatic carbocycles. The number of hydrogen-bond acceptors (Lipinski definition) is 3. The van der Waals surface area contributed by atoms with Gasteiger partial charge in [0.25, 0.3) is 0 Å². The van der Waals surface area contributed by atoms with Crippen LogP contribution in [-0.4, -0.2) is 16.8 Å². The van der Waals surface area contributed by atoms with Gasteiger partial charge in [-0.25, -0.2) is 0 Å². The van der Waals surface area contributed by atoms with Gasteiger partial charge in [-0.05, 0) is 45.0 Å². The van der Waals surface area contributed by atoms with E-state index in [9.17, 15) is 0 Å². The second kappa shape index (κ2) is 6.06. The lowest BCUT2D eigenvalue weighted by Crippen LogP contribution is -2.20. The van der Waals surface area contributed by atoms with Crippen molar-refractivity contribution >= 4 is 0 Å². The van der Waals surface area contributed by atoms with Crippen molar-refractivity contribution in [2.45, 2.75) is 46.2 Å². The summed E-state index contributed by atoms with van der Waals surface area (Å²) in [4.78, 5) is 0. The Morgan fingerprint density at radius 2 is 2.21 bits per heavy atom. The monoisotopic (exact) mass is 261 g/mol. The quantitative estimate of drug-likeness (QED) is 0.869. The molecular weight excluding hydrogens is 238 g/mol. The van der Waals surface area contributed by atoms with E-state index in [4.69, 9.17) is 4.42 Å². The van der Waals surface area contributed by atoms with Crippen LogP contribution in [-0.2, 0) is 19.4 Å². The molecule has 0 fully saturated rings. The van der Waals surface area contributed by atoms with Crippen LogP contribution in [0.2, 0.25) is 0 Å². The number of nitrogens with zero attached hydrogens (tertiary/aromatic N) is 2. The fourth-order valence-corrected chi connectivity index (χ4v) is 2.40. The molecule has 0 saturated heterocycles. The molecule has 0 aliphatic heterocycles. The molecule has 0 radical (unpaired) electrons. The van der Waals surface area contributed by atoms with Crippen molar-refractivity contribution in [1.29, 1.82) is 0 Å². The van der Waals surface area contributed by atoms with Crippen LogP contribution in [0.4, 0.5) is 0 Å². The zero-order valence-electron chi connectivity index (χ0n) is 12.2. The maximum absolute atomic E-state index is 5.60. The Hall–Kier alpha value is -1.55. The van der Waals surface area contributed by atoms with Crippen molar-refractivity contribution in [3.05, 3.63) is 41.1 Å². The number of aryl methyl sites for hydroxylation is 3. The predicted molar refractivity (Wildman–Crippen MR) is 76.2 cm³/mol. The Kier molecular flexibility index (Phi) is 4.43. The molecule has 0 aliphatic carbocycles. The van der Waals surface area contributed by atoms with Crippen molar-refractivity contribution < 1.29 is 4.42 Å². The van der Waals surface area contributed by atoms with Crippen LogP contribution < -0.4 is 5.32 Å². The van der Waals surface area contributed by atoms with Crippen LogP contribution in [0.15, 0.2) is 22.8 Å². The number of aromatic nitrogens is 2. The van der Waals surface area contributed by atoms with Gasteiger partial charge in [-0.15, -0.1) is 0 Å². The van der Waals surface area contributed by atoms with Gasteiger partial charge in [0.05, 0.1) is 18.0 Å². The minimum Gasteiger partial charge on any atom is -0.467 e. The first-order chi connectivity index (χ1) is 9.19. The van der Waals surface area contributed by atoms with Crippen LogP contribution in [0.25, 0.3) is 0 Å². The zero-order chi connectivity index (χ0) is 13.8. The summed E-state index contributed by atoms with van der Waals surface area (Å²) in [6.45, 7) is 7.25. The third-order valence-electron chi connectivity index (χ3n) is 3.56. The molecule has 104 valence electrons. The van der Waals surface area contributed by atoms with Crippen LogP contribution in [0, 0.1) is 6.92 Å². The molecule has 0 bridgehead atoms. The molecule has 2 aromatic heterocycles. The zero-order valence-corrected chi connectivity index (χ0v) is 12.2. The number of rotatable bonds is 6. The maximum Gasteiger partial charge on any atom is 0.123 e. The minimum atomic E-state index is 0.196. The number of nitrogens with one attached hydrogen (secondary N) is 1. The van der Waals surface area contributed by atoms with Crippen molar-refractivity contribution in [1.82, 2.24) is 15.1 Å². The van der Waals surface area contributed by atoms with E-state index in [0.29, 0.717) is 0 Å². The summed E-state index contributed by atoms with van der Waals surface area (Å²) in [7, 11) is 1.97. The Morgan fingerprint density at radius 3 is 2.74 bits per heavy atom. The van der Waals surface area contributed by atoms with Gasteiger partial charge in [0.1, 0.15) is 5.76 Å². The lowest BCUT2D eigenvalue weighted by atomic mass is 10.1. The number of likely N-dealkylation sites (N-methyl/N-ethyl adjacent to an activating group) is 1. The van der Waals surface area contributed by atoms with Crippen molar-refractivity contribution in [2.75, 3.05) is 7.05 Å². The molecular formula is C15H23N3O. The normalized spacial score (nSPS) is 12.8. The molecule has 1 atom stereocenters. The molecule has 0 spiro atoms. The molecule has 0 amide bonds. The maximum atomic E-state index is 5.60. The molecule has 2 heterocycles. The summed E-state index contributed by atoms with van der Waals surface area (Å²) in [5.74, 6) is 1.02. The first-order valence-electron chi connectivity index (χ1n) is 6.96. The van der Waals surface area contributed by atoms with Gasteiger partial charge in [0.2, 0.25) is 0 Å². The summed E-state index contributed by atoms with van der Waals surface area (Å²) < 4.78 is 7.69. The van der Waals surface area contributed by atoms with Crippen molar-refractivity contribution in [3.8, 4) is 0 Å². The van der Waals surface area contributed by atoms with Crippen LogP contribution in [0.5, 0.6) is 0 Å². The number of hydrogen-bond donors (Lipinski definition) is 1. The highest BCUT2D eigenvalue weighted by atomic mass is 16.3. The fourth-order valence-electron chi connectivity index (χ4n) is 2.40. The molecule has 19 heavy (non-hydrogen) atoms. The van der Waals surface area contributed by atoms with E-state index in [1.165, 1.54) is 11.3 Å². The minimum absolute atomic E-state index is 0.196. The van der Waals surface area contributed by atoms with Gasteiger partial charge in [-0.2, -0.15) is 5.10 Å². The molecule has 1 unspecified atom stereocenters. The van der Waals surface area contributed by atoms with Crippen LogP contribution in [0.3, 0.4) is 0 Å². The van der Waals surface area contributed by atoms with E-state index < -0.39 is 0 Å². The molecule has 0 saturated carbocycles. The van der Waals surface area contributed by atoms with Gasteiger partial charge in [-0.1, -0.05) is 6.92 Å². The fraction of sp³-hybridized carbons (Fsp3) is 0.533. The average molecular weight is 261 g/mol. The summed E-state index contributed by atoms with van der Waals surface area (Å²) >= 11 is 0. The Bertz CT molecular complexity index is 527. The van der Waals surface area contributed by atoms with Crippen molar-refractivity contribution in [2.24, 2.45) is 0 Å². The highest BCUT2D eigenvalue weighted by Gasteiger charge is 2.18. The lowest BCUT2D eigenvalue weighted by molar-refractivity contribution is 0.418. The van der Waals surface area contributed by atoms with E-state index in [1.807, 2.05) is 13.1 Å². The second-order valence-corrected chi connectivity index (χ2v) is 4.81. The number of furan rings is 1. The Labute approximate surface area is 114 Å². The standard InChI is InChI=1S/C15H23N3O/c1-5-12-9-13(18(6-2)17-12)10-14(16-4)15-11(3)7-8-19-15/h7-9,14,16H,5-6,10H2,1-4H3. The first kappa shape index (κ1) is 13.9. The highest BCUT2D eigenvalue weighted by molar-refractivity contribution is 5.21. The SMILES string of the molecule is CCc1cc(CC(NC)c2occc2C)n(CC)n1. The first-order valence-corrected chi connectivity index (χ1v) is 6.96. The third-order valence-corrected chi connectivity index (χ3v) is 3.56. The van der Waals surface area contributed by atoms with Crippen LogP contribution in [0.1, 0.15) is 42.6 Å². The molecule has 4 heteroatoms. The third kappa shape index (κ3) is 2.89.